The number of aromatic nitrogens is 2. The van der Waals surface area contributed by atoms with Gasteiger partial charge in [-0.2, -0.15) is 13.2 Å². The highest BCUT2D eigenvalue weighted by molar-refractivity contribution is 7.19. The van der Waals surface area contributed by atoms with E-state index in [1.165, 1.54) is 28.3 Å². The number of anilines is 2. The number of amides is 1. The monoisotopic (exact) mass is 523 g/mol. The molecule has 1 saturated heterocycles. The average Bonchev–Trinajstić information content (AvgIpc) is 3.17. The van der Waals surface area contributed by atoms with Gasteiger partial charge in [-0.25, -0.2) is 9.97 Å². The first-order chi connectivity index (χ1) is 16.7. The molecule has 0 saturated carbocycles. The van der Waals surface area contributed by atoms with E-state index >= 15 is 0 Å². The number of thiophene rings is 1. The first-order valence-corrected chi connectivity index (χ1v) is 12.8. The largest absolute Gasteiger partial charge is 0.417 e. The number of piperazine rings is 1. The lowest BCUT2D eigenvalue weighted by Crippen LogP contribution is -2.49. The van der Waals surface area contributed by atoms with Crippen molar-refractivity contribution in [3.05, 3.63) is 45.6 Å². The van der Waals surface area contributed by atoms with Crippen LogP contribution in [0, 0.1) is 5.92 Å². The third-order valence-electron chi connectivity index (χ3n) is 6.67. The van der Waals surface area contributed by atoms with Gasteiger partial charge in [-0.1, -0.05) is 18.5 Å². The predicted octanol–water partition coefficient (Wildman–Crippen LogP) is 5.25. The molecule has 35 heavy (non-hydrogen) atoms. The second-order valence-electron chi connectivity index (χ2n) is 9.23. The molecule has 0 bridgehead atoms. The van der Waals surface area contributed by atoms with Gasteiger partial charge in [0.05, 0.1) is 22.5 Å². The summed E-state index contributed by atoms with van der Waals surface area (Å²) in [6.07, 6.45) is 0.368. The molecule has 1 amide bonds. The molecule has 0 radical (unpaired) electrons. The summed E-state index contributed by atoms with van der Waals surface area (Å²) in [4.78, 5) is 28.4. The lowest BCUT2D eigenvalue weighted by Gasteiger charge is -2.35. The Morgan fingerprint density at radius 2 is 2.00 bits per heavy atom. The molecule has 1 atom stereocenters. The van der Waals surface area contributed by atoms with Crippen molar-refractivity contribution in [2.24, 2.45) is 5.92 Å². The minimum atomic E-state index is -4.58. The van der Waals surface area contributed by atoms with Crippen LogP contribution in [0.1, 0.15) is 29.3 Å². The van der Waals surface area contributed by atoms with Gasteiger partial charge in [0, 0.05) is 36.7 Å². The zero-order valence-electron chi connectivity index (χ0n) is 19.2. The summed E-state index contributed by atoms with van der Waals surface area (Å²) in [6.45, 7) is 5.10. The average molecular weight is 524 g/mol. The molecule has 0 unspecified atom stereocenters. The van der Waals surface area contributed by atoms with Gasteiger partial charge in [0.2, 0.25) is 5.91 Å². The molecule has 3 heterocycles. The zero-order valence-corrected chi connectivity index (χ0v) is 20.7. The Kier molecular flexibility index (Phi) is 6.63. The van der Waals surface area contributed by atoms with Gasteiger partial charge in [0.25, 0.3) is 0 Å². The van der Waals surface area contributed by atoms with Crippen LogP contribution in [0.5, 0.6) is 0 Å². The van der Waals surface area contributed by atoms with Gasteiger partial charge in [0.15, 0.2) is 0 Å². The van der Waals surface area contributed by atoms with Crippen LogP contribution in [-0.2, 0) is 23.8 Å². The van der Waals surface area contributed by atoms with E-state index in [-0.39, 0.29) is 18.1 Å². The summed E-state index contributed by atoms with van der Waals surface area (Å²) < 4.78 is 39.3. The number of hydrogen-bond acceptors (Lipinski definition) is 6. The summed E-state index contributed by atoms with van der Waals surface area (Å²) in [5.74, 6) is 1.29. The molecule has 6 nitrogen and oxygen atoms in total. The standard InChI is InChI=1S/C24H25ClF3N5OS/c1-14-2-4-16-19(10-14)35-23-21(16)22(29-13-30-23)33-8-6-32(7-9-33)12-20(34)31-15-3-5-18(25)17(11-15)24(26,27)28/h3,5,11,13-14H,2,4,6-10,12H2,1H3,(H,31,34)/t14-/m0/s1. The topological polar surface area (TPSA) is 61.4 Å². The summed E-state index contributed by atoms with van der Waals surface area (Å²) >= 11 is 7.43. The van der Waals surface area contributed by atoms with Gasteiger partial charge in [-0.15, -0.1) is 11.3 Å². The summed E-state index contributed by atoms with van der Waals surface area (Å²) in [6, 6.07) is 3.38. The number of rotatable bonds is 4. The van der Waals surface area contributed by atoms with Crippen LogP contribution in [0.15, 0.2) is 24.5 Å². The fourth-order valence-electron chi connectivity index (χ4n) is 4.84. The number of hydrogen-bond donors (Lipinski definition) is 1. The maximum atomic E-state index is 13.1. The van der Waals surface area contributed by atoms with Gasteiger partial charge in [0.1, 0.15) is 17.0 Å². The number of alkyl halides is 3. The molecule has 1 N–H and O–H groups in total. The third-order valence-corrected chi connectivity index (χ3v) is 8.16. The lowest BCUT2D eigenvalue weighted by molar-refractivity contribution is -0.137. The number of nitrogens with zero attached hydrogens (tertiary/aromatic N) is 4. The van der Waals surface area contributed by atoms with Crippen LogP contribution in [0.3, 0.4) is 0 Å². The van der Waals surface area contributed by atoms with Crippen molar-refractivity contribution >= 4 is 50.6 Å². The van der Waals surface area contributed by atoms with Crippen LogP contribution in [-0.4, -0.2) is 53.5 Å². The number of carbonyl (C=O) groups is 1. The van der Waals surface area contributed by atoms with Crippen molar-refractivity contribution in [3.8, 4) is 0 Å². The third kappa shape index (κ3) is 5.10. The van der Waals surface area contributed by atoms with Crippen LogP contribution in [0.25, 0.3) is 10.2 Å². The molecule has 1 fully saturated rings. The maximum Gasteiger partial charge on any atom is 0.417 e. The van der Waals surface area contributed by atoms with Gasteiger partial charge in [-0.3, -0.25) is 9.69 Å². The highest BCUT2D eigenvalue weighted by Crippen LogP contribution is 2.41. The van der Waals surface area contributed by atoms with Crippen LogP contribution >= 0.6 is 22.9 Å². The quantitative estimate of drug-likeness (QED) is 0.506. The first kappa shape index (κ1) is 24.3. The number of fused-ring (bicyclic) bond motifs is 3. The zero-order chi connectivity index (χ0) is 24.7. The predicted molar refractivity (Wildman–Crippen MR) is 132 cm³/mol. The molecule has 1 aromatic carbocycles. The molecular formula is C24H25ClF3N5OS. The van der Waals surface area contributed by atoms with E-state index in [1.807, 2.05) is 4.90 Å². The maximum absolute atomic E-state index is 13.1. The SMILES string of the molecule is C[C@H]1CCc2c(sc3ncnc(N4CCN(CC(=O)Nc5ccc(Cl)c(C(F)(F)F)c5)CC4)c23)C1. The Labute approximate surface area is 210 Å². The first-order valence-electron chi connectivity index (χ1n) is 11.6. The fraction of sp³-hybridized carbons (Fsp3) is 0.458. The van der Waals surface area contributed by atoms with Gasteiger partial charge < -0.3 is 10.2 Å². The smallest absolute Gasteiger partial charge is 0.353 e. The van der Waals surface area contributed by atoms with E-state index in [0.29, 0.717) is 32.1 Å². The second kappa shape index (κ2) is 9.55. The number of benzene rings is 1. The molecular weight excluding hydrogens is 499 g/mol. The molecule has 2 aliphatic rings. The Balaban J connectivity index is 1.22. The van der Waals surface area contributed by atoms with E-state index in [2.05, 4.69) is 27.1 Å². The van der Waals surface area contributed by atoms with E-state index in [9.17, 15) is 18.0 Å². The summed E-state index contributed by atoms with van der Waals surface area (Å²) in [5, 5.41) is 3.34. The van der Waals surface area contributed by atoms with Crippen molar-refractivity contribution in [2.45, 2.75) is 32.4 Å². The molecule has 1 aliphatic carbocycles. The van der Waals surface area contributed by atoms with Crippen molar-refractivity contribution in [2.75, 3.05) is 42.9 Å². The Bertz CT molecular complexity index is 1260. The summed E-state index contributed by atoms with van der Waals surface area (Å²) in [5.41, 5.74) is 0.499. The summed E-state index contributed by atoms with van der Waals surface area (Å²) in [7, 11) is 0. The Morgan fingerprint density at radius 3 is 2.74 bits per heavy atom. The molecule has 3 aromatic rings. The van der Waals surface area contributed by atoms with Crippen molar-refractivity contribution < 1.29 is 18.0 Å². The second-order valence-corrected chi connectivity index (χ2v) is 10.7. The number of nitrogens with one attached hydrogen (secondary N) is 1. The molecule has 11 heteroatoms. The number of halogens is 4. The van der Waals surface area contributed by atoms with Crippen LogP contribution in [0.2, 0.25) is 5.02 Å². The molecule has 1 aliphatic heterocycles. The molecule has 5 rings (SSSR count). The van der Waals surface area contributed by atoms with E-state index < -0.39 is 16.8 Å². The Hall–Kier alpha value is -2.43. The van der Waals surface area contributed by atoms with Crippen molar-refractivity contribution in [3.63, 3.8) is 0 Å². The lowest BCUT2D eigenvalue weighted by atomic mass is 9.89. The van der Waals surface area contributed by atoms with Crippen LogP contribution in [0.4, 0.5) is 24.7 Å². The highest BCUT2D eigenvalue weighted by Gasteiger charge is 2.33. The minimum absolute atomic E-state index is 0.0743. The fourth-order valence-corrected chi connectivity index (χ4v) is 6.41. The minimum Gasteiger partial charge on any atom is -0.353 e. The van der Waals surface area contributed by atoms with E-state index in [0.717, 1.165) is 35.6 Å². The molecule has 2 aromatic heterocycles. The number of carbonyl (C=O) groups excluding carboxylic acids is 1. The Morgan fingerprint density at radius 1 is 1.23 bits per heavy atom. The van der Waals surface area contributed by atoms with Crippen LogP contribution < -0.4 is 10.2 Å². The highest BCUT2D eigenvalue weighted by atomic mass is 35.5. The number of aryl methyl sites for hydroxylation is 1. The van der Waals surface area contributed by atoms with Gasteiger partial charge in [-0.05, 0) is 48.9 Å². The molecule has 186 valence electrons. The van der Waals surface area contributed by atoms with E-state index in [1.54, 1.807) is 17.7 Å². The van der Waals surface area contributed by atoms with Crippen molar-refractivity contribution in [1.82, 2.24) is 14.9 Å². The van der Waals surface area contributed by atoms with Gasteiger partial charge >= 0.3 is 6.18 Å². The van der Waals surface area contributed by atoms with Crippen molar-refractivity contribution in [1.29, 1.82) is 0 Å². The molecule has 0 spiro atoms. The normalized spacial score (nSPS) is 19.1. The van der Waals surface area contributed by atoms with E-state index in [4.69, 9.17) is 11.6 Å².